The number of oxazole rings is 1. The van der Waals surface area contributed by atoms with Crippen LogP contribution in [0.15, 0.2) is 77.3 Å². The lowest BCUT2D eigenvalue weighted by atomic mass is 10.1. The Morgan fingerprint density at radius 2 is 1.74 bits per heavy atom. The van der Waals surface area contributed by atoms with E-state index in [9.17, 15) is 4.79 Å². The zero-order valence-electron chi connectivity index (χ0n) is 16.9. The minimum atomic E-state index is -0.237. The first-order valence-electron chi connectivity index (χ1n) is 9.43. The number of halogens is 1. The van der Waals surface area contributed by atoms with Crippen molar-refractivity contribution in [1.82, 2.24) is 4.98 Å². The van der Waals surface area contributed by atoms with Gasteiger partial charge in [0.2, 0.25) is 5.89 Å². The lowest BCUT2D eigenvalue weighted by Gasteiger charge is -2.09. The number of ether oxygens (including phenoxy) is 2. The maximum absolute atomic E-state index is 12.9. The first kappa shape index (κ1) is 20.9. The van der Waals surface area contributed by atoms with Crippen LogP contribution in [0.25, 0.3) is 22.8 Å². The van der Waals surface area contributed by atoms with Gasteiger partial charge in [0.15, 0.2) is 5.76 Å². The van der Waals surface area contributed by atoms with Crippen molar-refractivity contribution < 1.29 is 18.7 Å². The molecule has 3 aromatic carbocycles. The number of carbonyl (C=O) groups excluding carboxylic acids is 1. The molecule has 4 rings (SSSR count). The predicted molar refractivity (Wildman–Crippen MR) is 128 cm³/mol. The first-order valence-corrected chi connectivity index (χ1v) is 10.5. The smallest absolute Gasteiger partial charge is 0.256 e. The van der Waals surface area contributed by atoms with Crippen LogP contribution < -0.4 is 14.8 Å². The average molecular weight is 526 g/mol. The zero-order chi connectivity index (χ0) is 21.8. The Kier molecular flexibility index (Phi) is 6.22. The molecule has 1 aromatic heterocycles. The van der Waals surface area contributed by atoms with Crippen LogP contribution in [0.5, 0.6) is 11.5 Å². The Hall–Kier alpha value is -3.33. The Bertz CT molecular complexity index is 1220. The monoisotopic (exact) mass is 526 g/mol. The molecular formula is C24H19IN2O4. The summed E-state index contributed by atoms with van der Waals surface area (Å²) in [5.41, 5.74) is 2.53. The summed E-state index contributed by atoms with van der Waals surface area (Å²) in [6.07, 6.45) is 1.62. The van der Waals surface area contributed by atoms with Crippen molar-refractivity contribution >= 4 is 34.2 Å². The van der Waals surface area contributed by atoms with Crippen molar-refractivity contribution in [2.45, 2.75) is 0 Å². The average Bonchev–Trinajstić information content (AvgIpc) is 3.30. The second kappa shape index (κ2) is 9.22. The van der Waals surface area contributed by atoms with Crippen molar-refractivity contribution in [3.05, 3.63) is 82.1 Å². The highest BCUT2D eigenvalue weighted by Gasteiger charge is 2.18. The molecule has 0 saturated carbocycles. The Labute approximate surface area is 193 Å². The molecule has 0 aliphatic carbocycles. The number of benzene rings is 3. The van der Waals surface area contributed by atoms with Crippen molar-refractivity contribution in [3.63, 3.8) is 0 Å². The van der Waals surface area contributed by atoms with Gasteiger partial charge in [0.05, 0.1) is 31.5 Å². The standard InChI is InChI=1S/C24H19IN2O4/c1-29-17-11-12-20(21(13-17)30-2)22-14-26-24(31-22)19-6-4-3-5-18(19)23(28)27-16-9-7-15(25)8-10-16/h3-14H,1-2H3,(H,27,28). The molecule has 1 heterocycles. The fraction of sp³-hybridized carbons (Fsp3) is 0.0833. The van der Waals surface area contributed by atoms with Crippen molar-refractivity contribution in [3.8, 4) is 34.3 Å². The van der Waals surface area contributed by atoms with E-state index in [4.69, 9.17) is 13.9 Å². The van der Waals surface area contributed by atoms with E-state index >= 15 is 0 Å². The SMILES string of the molecule is COc1ccc(-c2cnc(-c3ccccc3C(=O)Nc3ccc(I)cc3)o2)c(OC)c1. The molecule has 1 N–H and O–H groups in total. The quantitative estimate of drug-likeness (QED) is 0.318. The Morgan fingerprint density at radius 1 is 0.968 bits per heavy atom. The van der Waals surface area contributed by atoms with Gasteiger partial charge in [0, 0.05) is 20.9 Å². The van der Waals surface area contributed by atoms with Crippen LogP contribution in [0.2, 0.25) is 0 Å². The van der Waals surface area contributed by atoms with E-state index in [0.29, 0.717) is 34.3 Å². The van der Waals surface area contributed by atoms with Gasteiger partial charge in [-0.25, -0.2) is 4.98 Å². The molecule has 156 valence electrons. The largest absolute Gasteiger partial charge is 0.497 e. The van der Waals surface area contributed by atoms with Crippen LogP contribution in [-0.2, 0) is 0 Å². The number of hydrogen-bond donors (Lipinski definition) is 1. The number of carbonyl (C=O) groups is 1. The van der Waals surface area contributed by atoms with E-state index in [1.54, 1.807) is 32.5 Å². The van der Waals surface area contributed by atoms with E-state index in [2.05, 4.69) is 32.9 Å². The highest BCUT2D eigenvalue weighted by molar-refractivity contribution is 14.1. The van der Waals surface area contributed by atoms with Gasteiger partial charge in [-0.3, -0.25) is 4.79 Å². The maximum Gasteiger partial charge on any atom is 0.256 e. The summed E-state index contributed by atoms with van der Waals surface area (Å²) >= 11 is 2.22. The fourth-order valence-electron chi connectivity index (χ4n) is 3.12. The molecule has 7 heteroatoms. The van der Waals surface area contributed by atoms with Crippen molar-refractivity contribution in [1.29, 1.82) is 0 Å². The van der Waals surface area contributed by atoms with Crippen LogP contribution in [0.4, 0.5) is 5.69 Å². The minimum Gasteiger partial charge on any atom is -0.497 e. The van der Waals surface area contributed by atoms with E-state index in [0.717, 1.165) is 14.8 Å². The summed E-state index contributed by atoms with van der Waals surface area (Å²) in [5, 5.41) is 2.92. The number of anilines is 1. The first-order chi connectivity index (χ1) is 15.1. The lowest BCUT2D eigenvalue weighted by Crippen LogP contribution is -2.13. The molecule has 0 aliphatic heterocycles. The molecule has 31 heavy (non-hydrogen) atoms. The second-order valence-electron chi connectivity index (χ2n) is 6.60. The zero-order valence-corrected chi connectivity index (χ0v) is 19.0. The van der Waals surface area contributed by atoms with Crippen LogP contribution in [-0.4, -0.2) is 25.1 Å². The number of hydrogen-bond acceptors (Lipinski definition) is 5. The Morgan fingerprint density at radius 3 is 2.48 bits per heavy atom. The highest BCUT2D eigenvalue weighted by atomic mass is 127. The van der Waals surface area contributed by atoms with Crippen molar-refractivity contribution in [2.24, 2.45) is 0 Å². The second-order valence-corrected chi connectivity index (χ2v) is 7.85. The van der Waals surface area contributed by atoms with E-state index in [-0.39, 0.29) is 5.91 Å². The molecule has 4 aromatic rings. The number of rotatable bonds is 6. The molecule has 6 nitrogen and oxygen atoms in total. The third-order valence-electron chi connectivity index (χ3n) is 4.68. The van der Waals surface area contributed by atoms with Gasteiger partial charge < -0.3 is 19.2 Å². The molecule has 0 fully saturated rings. The topological polar surface area (TPSA) is 73.6 Å². The maximum atomic E-state index is 12.9. The molecule has 0 bridgehead atoms. The summed E-state index contributed by atoms with van der Waals surface area (Å²) < 4.78 is 17.8. The number of nitrogens with one attached hydrogen (secondary N) is 1. The van der Waals surface area contributed by atoms with Gasteiger partial charge in [-0.2, -0.15) is 0 Å². The van der Waals surface area contributed by atoms with Gasteiger partial charge in [-0.1, -0.05) is 12.1 Å². The summed E-state index contributed by atoms with van der Waals surface area (Å²) in [6, 6.07) is 20.2. The van der Waals surface area contributed by atoms with Crippen LogP contribution in [0.3, 0.4) is 0 Å². The predicted octanol–water partition coefficient (Wildman–Crippen LogP) is 5.88. The highest BCUT2D eigenvalue weighted by Crippen LogP contribution is 2.35. The summed E-state index contributed by atoms with van der Waals surface area (Å²) in [5.74, 6) is 1.92. The van der Waals surface area contributed by atoms with Crippen molar-refractivity contribution in [2.75, 3.05) is 19.5 Å². The normalized spacial score (nSPS) is 10.5. The number of aromatic nitrogens is 1. The molecule has 0 spiro atoms. The van der Waals surface area contributed by atoms with Crippen LogP contribution in [0, 0.1) is 3.57 Å². The molecule has 0 saturated heterocycles. The molecule has 0 aliphatic rings. The number of amides is 1. The molecule has 0 radical (unpaired) electrons. The van der Waals surface area contributed by atoms with Crippen LogP contribution in [0.1, 0.15) is 10.4 Å². The van der Waals surface area contributed by atoms with Gasteiger partial charge in [-0.05, 0) is 71.1 Å². The minimum absolute atomic E-state index is 0.237. The molecular weight excluding hydrogens is 507 g/mol. The summed E-state index contributed by atoms with van der Waals surface area (Å²) in [4.78, 5) is 17.3. The molecule has 0 atom stereocenters. The molecule has 1 amide bonds. The third-order valence-corrected chi connectivity index (χ3v) is 5.40. The lowest BCUT2D eigenvalue weighted by molar-refractivity contribution is 0.102. The van der Waals surface area contributed by atoms with Gasteiger partial charge in [0.1, 0.15) is 11.5 Å². The summed E-state index contributed by atoms with van der Waals surface area (Å²) in [7, 11) is 3.18. The fourth-order valence-corrected chi connectivity index (χ4v) is 3.48. The summed E-state index contributed by atoms with van der Waals surface area (Å²) in [6.45, 7) is 0. The number of methoxy groups -OCH3 is 2. The van der Waals surface area contributed by atoms with Gasteiger partial charge in [-0.15, -0.1) is 0 Å². The Balaban J connectivity index is 1.66. The van der Waals surface area contributed by atoms with Crippen LogP contribution >= 0.6 is 22.6 Å². The van der Waals surface area contributed by atoms with E-state index in [1.807, 2.05) is 54.6 Å². The van der Waals surface area contributed by atoms with E-state index < -0.39 is 0 Å². The third kappa shape index (κ3) is 4.56. The van der Waals surface area contributed by atoms with Gasteiger partial charge >= 0.3 is 0 Å². The van der Waals surface area contributed by atoms with E-state index in [1.165, 1.54) is 0 Å². The molecule has 0 unspecified atom stereocenters. The number of nitrogens with zero attached hydrogens (tertiary/aromatic N) is 1. The van der Waals surface area contributed by atoms with Gasteiger partial charge in [0.25, 0.3) is 5.91 Å².